The average molecular weight is 451 g/mol. The fourth-order valence-electron chi connectivity index (χ4n) is 4.48. The van der Waals surface area contributed by atoms with Crippen molar-refractivity contribution < 1.29 is 14.3 Å². The van der Waals surface area contributed by atoms with E-state index in [1.807, 2.05) is 79.0 Å². The molecule has 5 heteroatoms. The number of rotatable bonds is 5. The topological polar surface area (TPSA) is 51.5 Å². The molecular weight excluding hydrogens is 424 g/mol. The molecule has 0 spiro atoms. The third kappa shape index (κ3) is 4.43. The molecule has 4 aromatic rings. The number of hydrogen-bond acceptors (Lipinski definition) is 4. The summed E-state index contributed by atoms with van der Waals surface area (Å²) in [5, 5.41) is 0.879. The van der Waals surface area contributed by atoms with Crippen molar-refractivity contribution in [1.29, 1.82) is 0 Å². The zero-order valence-electron chi connectivity index (χ0n) is 19.1. The number of aromatic nitrogens is 1. The van der Waals surface area contributed by atoms with E-state index < -0.39 is 0 Å². The van der Waals surface area contributed by atoms with Crippen molar-refractivity contribution in [1.82, 2.24) is 9.47 Å². The van der Waals surface area contributed by atoms with Gasteiger partial charge in [0.25, 0.3) is 5.91 Å². The van der Waals surface area contributed by atoms with Crippen molar-refractivity contribution in [2.45, 2.75) is 13.0 Å². The van der Waals surface area contributed by atoms with Crippen LogP contribution in [0.5, 0.6) is 5.75 Å². The van der Waals surface area contributed by atoms with Crippen molar-refractivity contribution in [3.05, 3.63) is 107 Å². The van der Waals surface area contributed by atoms with Gasteiger partial charge in [0, 0.05) is 54.3 Å². The minimum absolute atomic E-state index is 0.110. The second-order valence-corrected chi connectivity index (χ2v) is 8.55. The van der Waals surface area contributed by atoms with Crippen molar-refractivity contribution in [3.63, 3.8) is 0 Å². The molecule has 34 heavy (non-hydrogen) atoms. The van der Waals surface area contributed by atoms with Gasteiger partial charge in [-0.15, -0.1) is 0 Å². The third-order valence-corrected chi connectivity index (χ3v) is 6.27. The van der Waals surface area contributed by atoms with Gasteiger partial charge in [0.1, 0.15) is 5.75 Å². The number of carbonyl (C=O) groups excluding carboxylic acids is 2. The maximum atomic E-state index is 13.3. The van der Waals surface area contributed by atoms with Crippen LogP contribution in [0.15, 0.2) is 90.6 Å². The molecule has 0 amide bonds. The van der Waals surface area contributed by atoms with E-state index in [9.17, 15) is 9.59 Å². The maximum absolute atomic E-state index is 13.3. The number of ether oxygens (including phenoxy) is 1. The predicted molar refractivity (Wildman–Crippen MR) is 134 cm³/mol. The molecule has 1 aliphatic heterocycles. The summed E-state index contributed by atoms with van der Waals surface area (Å²) in [6.45, 7) is 2.12. The molecule has 1 fully saturated rings. The molecule has 3 aromatic carbocycles. The number of hydrogen-bond donors (Lipinski definition) is 0. The largest absolute Gasteiger partial charge is 0.497 e. The Kier molecular flexibility index (Phi) is 6.11. The highest BCUT2D eigenvalue weighted by molar-refractivity contribution is 6.07. The Hall–Kier alpha value is -3.96. The Morgan fingerprint density at radius 2 is 1.74 bits per heavy atom. The van der Waals surface area contributed by atoms with Gasteiger partial charge in [-0.3, -0.25) is 19.1 Å². The minimum Gasteiger partial charge on any atom is -0.497 e. The molecule has 1 saturated heterocycles. The van der Waals surface area contributed by atoms with E-state index in [2.05, 4.69) is 17.0 Å². The van der Waals surface area contributed by atoms with Crippen molar-refractivity contribution in [3.8, 4) is 5.75 Å². The lowest BCUT2D eigenvalue weighted by atomic mass is 9.99. The second kappa shape index (κ2) is 9.49. The quantitative estimate of drug-likeness (QED) is 0.392. The van der Waals surface area contributed by atoms with Crippen LogP contribution >= 0.6 is 0 Å². The molecule has 0 N–H and O–H groups in total. The summed E-state index contributed by atoms with van der Waals surface area (Å²) >= 11 is 0. The predicted octanol–water partition coefficient (Wildman–Crippen LogP) is 5.20. The summed E-state index contributed by atoms with van der Waals surface area (Å²) in [5.41, 5.74) is 4.22. The Morgan fingerprint density at radius 3 is 2.47 bits per heavy atom. The fraction of sp³-hybridized carbons (Fsp3) is 0.172. The lowest BCUT2D eigenvalue weighted by Gasteiger charge is -2.27. The summed E-state index contributed by atoms with van der Waals surface area (Å²) in [5.74, 6) is 0.751. The Bertz CT molecular complexity index is 1370. The summed E-state index contributed by atoms with van der Waals surface area (Å²) in [6.07, 6.45) is 4.26. The number of carbonyl (C=O) groups is 2. The minimum atomic E-state index is -0.110. The van der Waals surface area contributed by atoms with Gasteiger partial charge in [0.2, 0.25) is 0 Å². The molecule has 0 radical (unpaired) electrons. The van der Waals surface area contributed by atoms with Crippen LogP contribution in [0.4, 0.5) is 0 Å². The Morgan fingerprint density at radius 1 is 1.00 bits per heavy atom. The van der Waals surface area contributed by atoms with E-state index in [0.717, 1.165) is 35.1 Å². The maximum Gasteiger partial charge on any atom is 0.262 e. The molecule has 5 rings (SSSR count). The zero-order chi connectivity index (χ0) is 23.5. The van der Waals surface area contributed by atoms with Crippen LogP contribution in [-0.4, -0.2) is 41.4 Å². The highest BCUT2D eigenvalue weighted by atomic mass is 16.5. The third-order valence-electron chi connectivity index (χ3n) is 6.27. The Labute approximate surface area is 198 Å². The SMILES string of the molecule is COc1ccc2c(c1)c(/C=C1\CN(Cc3ccccc3)CCC1=O)cn2C(=O)c1ccccc1. The number of piperidine rings is 1. The standard InChI is InChI=1S/C29H26N2O3/c1-34-25-12-13-27-26(17-25)23(20-31(27)29(33)22-10-6-3-7-11-22)16-24-19-30(15-14-28(24)32)18-21-8-4-2-5-9-21/h2-13,16-17,20H,14-15,18-19H2,1H3/b24-16+. The molecule has 0 atom stereocenters. The normalized spacial score (nSPS) is 15.7. The van der Waals surface area contributed by atoms with E-state index in [1.54, 1.807) is 11.7 Å². The summed E-state index contributed by atoms with van der Waals surface area (Å²) in [7, 11) is 1.62. The zero-order valence-corrected chi connectivity index (χ0v) is 19.1. The molecule has 1 aromatic heterocycles. The van der Waals surface area contributed by atoms with Gasteiger partial charge >= 0.3 is 0 Å². The molecular formula is C29H26N2O3. The van der Waals surface area contributed by atoms with Crippen LogP contribution in [0.25, 0.3) is 17.0 Å². The van der Waals surface area contributed by atoms with Crippen LogP contribution in [0.1, 0.15) is 27.9 Å². The number of fused-ring (bicyclic) bond motifs is 1. The van der Waals surface area contributed by atoms with Crippen LogP contribution in [0.3, 0.4) is 0 Å². The smallest absolute Gasteiger partial charge is 0.262 e. The van der Waals surface area contributed by atoms with Gasteiger partial charge in [-0.05, 0) is 42.0 Å². The van der Waals surface area contributed by atoms with Crippen molar-refractivity contribution in [2.24, 2.45) is 0 Å². The van der Waals surface area contributed by atoms with Crippen LogP contribution in [0.2, 0.25) is 0 Å². The molecule has 170 valence electrons. The van der Waals surface area contributed by atoms with Crippen LogP contribution < -0.4 is 4.74 Å². The fourth-order valence-corrected chi connectivity index (χ4v) is 4.48. The van der Waals surface area contributed by atoms with E-state index >= 15 is 0 Å². The van der Waals surface area contributed by atoms with Crippen molar-refractivity contribution >= 4 is 28.7 Å². The highest BCUT2D eigenvalue weighted by Crippen LogP contribution is 2.29. The van der Waals surface area contributed by atoms with E-state index in [1.165, 1.54) is 5.56 Å². The summed E-state index contributed by atoms with van der Waals surface area (Å²) < 4.78 is 7.09. The number of Topliss-reactive ketones (excluding diaryl/α,β-unsaturated/α-hetero) is 1. The van der Waals surface area contributed by atoms with E-state index in [4.69, 9.17) is 4.74 Å². The van der Waals surface area contributed by atoms with Gasteiger partial charge in [-0.25, -0.2) is 0 Å². The second-order valence-electron chi connectivity index (χ2n) is 8.55. The summed E-state index contributed by atoms with van der Waals surface area (Å²) in [4.78, 5) is 28.4. The number of ketones is 1. The Balaban J connectivity index is 1.53. The molecule has 0 saturated carbocycles. The number of likely N-dealkylation sites (tertiary alicyclic amines) is 1. The molecule has 1 aliphatic rings. The monoisotopic (exact) mass is 450 g/mol. The van der Waals surface area contributed by atoms with Gasteiger partial charge in [-0.2, -0.15) is 0 Å². The molecule has 5 nitrogen and oxygen atoms in total. The number of benzene rings is 3. The van der Waals surface area contributed by atoms with E-state index in [-0.39, 0.29) is 11.7 Å². The summed E-state index contributed by atoms with van der Waals surface area (Å²) in [6, 6.07) is 25.2. The molecule has 2 heterocycles. The number of methoxy groups -OCH3 is 1. The lowest BCUT2D eigenvalue weighted by molar-refractivity contribution is -0.117. The molecule has 0 aliphatic carbocycles. The first-order chi connectivity index (χ1) is 16.6. The van der Waals surface area contributed by atoms with Crippen molar-refractivity contribution in [2.75, 3.05) is 20.2 Å². The van der Waals surface area contributed by atoms with E-state index in [0.29, 0.717) is 24.3 Å². The van der Waals surface area contributed by atoms with Crippen LogP contribution in [-0.2, 0) is 11.3 Å². The molecule has 0 unspecified atom stereocenters. The van der Waals surface area contributed by atoms with Gasteiger partial charge in [-0.1, -0.05) is 48.5 Å². The first kappa shape index (κ1) is 21.9. The lowest BCUT2D eigenvalue weighted by Crippen LogP contribution is -2.35. The molecule has 0 bridgehead atoms. The highest BCUT2D eigenvalue weighted by Gasteiger charge is 2.23. The number of nitrogens with zero attached hydrogens (tertiary/aromatic N) is 2. The first-order valence-electron chi connectivity index (χ1n) is 11.4. The van der Waals surface area contributed by atoms with Gasteiger partial charge in [0.15, 0.2) is 5.78 Å². The average Bonchev–Trinajstić information content (AvgIpc) is 3.24. The first-order valence-corrected chi connectivity index (χ1v) is 11.4. The van der Waals surface area contributed by atoms with Crippen LogP contribution in [0, 0.1) is 0 Å². The van der Waals surface area contributed by atoms with Gasteiger partial charge < -0.3 is 4.74 Å². The van der Waals surface area contributed by atoms with Gasteiger partial charge in [0.05, 0.1) is 12.6 Å².